The van der Waals surface area contributed by atoms with Gasteiger partial charge >= 0.3 is 6.09 Å². The lowest BCUT2D eigenvalue weighted by Gasteiger charge is -2.09. The van der Waals surface area contributed by atoms with Crippen molar-refractivity contribution in [3.63, 3.8) is 0 Å². The number of benzene rings is 1. The Morgan fingerprint density at radius 1 is 1.21 bits per heavy atom. The number of carbonyl (C=O) groups is 1. The number of rotatable bonds is 6. The maximum absolute atomic E-state index is 13.1. The minimum absolute atomic E-state index is 0.0188. The van der Waals surface area contributed by atoms with E-state index in [1.54, 1.807) is 30.3 Å². The number of hydrogen-bond donors (Lipinski definition) is 2. The van der Waals surface area contributed by atoms with Crippen LogP contribution in [-0.4, -0.2) is 40.9 Å². The maximum atomic E-state index is 13.1. The lowest BCUT2D eigenvalue weighted by atomic mass is 10.3. The molecule has 2 N–H and O–H groups in total. The zero-order chi connectivity index (χ0) is 20.1. The van der Waals surface area contributed by atoms with Gasteiger partial charge in [-0.3, -0.25) is 0 Å². The molecule has 2 aromatic heterocycles. The van der Waals surface area contributed by atoms with Crippen molar-refractivity contribution in [3.8, 4) is 11.8 Å². The summed E-state index contributed by atoms with van der Waals surface area (Å²) >= 11 is 0. The summed E-state index contributed by atoms with van der Waals surface area (Å²) in [6.07, 6.45) is 0.420. The third-order valence-corrected chi connectivity index (χ3v) is 5.57. The zero-order valence-corrected chi connectivity index (χ0v) is 15.3. The monoisotopic (exact) mass is 397 g/mol. The van der Waals surface area contributed by atoms with Crippen molar-refractivity contribution in [2.45, 2.75) is 16.3 Å². The number of nitrogens with zero attached hydrogens (tertiary/aromatic N) is 4. The first-order valence-electron chi connectivity index (χ1n) is 8.15. The summed E-state index contributed by atoms with van der Waals surface area (Å²) in [5.74, 6) is 0. The van der Waals surface area contributed by atoms with E-state index >= 15 is 0 Å². The highest BCUT2D eigenvalue weighted by atomic mass is 32.2. The maximum Gasteiger partial charge on any atom is 0.404 e. The molecule has 0 radical (unpaired) electrons. The average Bonchev–Trinajstić information content (AvgIpc) is 3.13. The van der Waals surface area contributed by atoms with Gasteiger partial charge < -0.3 is 10.4 Å². The van der Waals surface area contributed by atoms with Gasteiger partial charge in [0.25, 0.3) is 0 Å². The predicted molar refractivity (Wildman–Crippen MR) is 97.7 cm³/mol. The Hall–Kier alpha value is -3.71. The van der Waals surface area contributed by atoms with Gasteiger partial charge in [-0.05, 0) is 30.3 Å². The number of carboxylic acid groups (broad SMARTS) is 1. The summed E-state index contributed by atoms with van der Waals surface area (Å²) in [5, 5.41) is 24.4. The third-order valence-electron chi connectivity index (χ3n) is 3.83. The van der Waals surface area contributed by atoms with Gasteiger partial charge in [-0.2, -0.15) is 10.4 Å². The van der Waals surface area contributed by atoms with E-state index < -0.39 is 15.9 Å². The van der Waals surface area contributed by atoms with Crippen LogP contribution < -0.4 is 5.32 Å². The third kappa shape index (κ3) is 3.84. The molecular formula is C18H15N5O4S. The van der Waals surface area contributed by atoms with Crippen LogP contribution in [0.15, 0.2) is 64.6 Å². The Balaban J connectivity index is 2.13. The molecule has 1 amide bonds. The molecule has 0 unspecified atom stereocenters. The van der Waals surface area contributed by atoms with Crippen molar-refractivity contribution < 1.29 is 18.3 Å². The normalized spacial score (nSPS) is 11.0. The van der Waals surface area contributed by atoms with Crippen LogP contribution in [-0.2, 0) is 16.3 Å². The Morgan fingerprint density at radius 2 is 1.96 bits per heavy atom. The van der Waals surface area contributed by atoms with Crippen LogP contribution in [0.1, 0.15) is 11.4 Å². The summed E-state index contributed by atoms with van der Waals surface area (Å²) in [7, 11) is -3.94. The highest BCUT2D eigenvalue weighted by Gasteiger charge is 2.26. The van der Waals surface area contributed by atoms with Crippen molar-refractivity contribution in [2.24, 2.45) is 0 Å². The van der Waals surface area contributed by atoms with Crippen molar-refractivity contribution in [2.75, 3.05) is 6.54 Å². The number of amides is 1. The molecule has 0 spiro atoms. The molecule has 142 valence electrons. The van der Waals surface area contributed by atoms with Gasteiger partial charge in [0.15, 0.2) is 10.7 Å². The van der Waals surface area contributed by atoms with Gasteiger partial charge in [0.05, 0.1) is 10.6 Å². The molecule has 10 heteroatoms. The second kappa shape index (κ2) is 7.89. The standard InChI is InChI=1S/C18H15N5O4S/c19-12-15-16(7-4-9-20-15)23-17(11-13(22-23)8-10-21-18(24)25)28(26,27)14-5-2-1-3-6-14/h1-7,9,11,21H,8,10H2,(H,24,25). The van der Waals surface area contributed by atoms with Crippen molar-refractivity contribution in [1.82, 2.24) is 20.1 Å². The molecule has 0 saturated heterocycles. The Labute approximate surface area is 160 Å². The molecule has 0 aliphatic heterocycles. The number of pyridine rings is 1. The van der Waals surface area contributed by atoms with E-state index in [0.29, 0.717) is 5.69 Å². The number of nitriles is 1. The molecule has 0 aliphatic carbocycles. The van der Waals surface area contributed by atoms with Crippen molar-refractivity contribution in [3.05, 3.63) is 66.1 Å². The number of hydrogen-bond acceptors (Lipinski definition) is 6. The van der Waals surface area contributed by atoms with Crippen LogP contribution in [0, 0.1) is 11.3 Å². The fourth-order valence-electron chi connectivity index (χ4n) is 2.57. The van der Waals surface area contributed by atoms with Crippen LogP contribution in [0.2, 0.25) is 0 Å². The van der Waals surface area contributed by atoms with Crippen LogP contribution >= 0.6 is 0 Å². The molecule has 2 heterocycles. The predicted octanol–water partition coefficient (Wildman–Crippen LogP) is 1.78. The van der Waals surface area contributed by atoms with E-state index in [2.05, 4.69) is 15.4 Å². The largest absolute Gasteiger partial charge is 0.465 e. The van der Waals surface area contributed by atoms with Gasteiger partial charge in [0.2, 0.25) is 9.84 Å². The van der Waals surface area contributed by atoms with Gasteiger partial charge in [0.1, 0.15) is 11.8 Å². The van der Waals surface area contributed by atoms with E-state index in [1.165, 1.54) is 24.4 Å². The quantitative estimate of drug-likeness (QED) is 0.646. The molecule has 9 nitrogen and oxygen atoms in total. The lowest BCUT2D eigenvalue weighted by Crippen LogP contribution is -2.23. The van der Waals surface area contributed by atoms with Crippen LogP contribution in [0.4, 0.5) is 4.79 Å². The molecule has 3 aromatic rings. The first-order valence-corrected chi connectivity index (χ1v) is 9.63. The van der Waals surface area contributed by atoms with Gasteiger partial charge in [-0.15, -0.1) is 0 Å². The molecule has 0 saturated carbocycles. The Morgan fingerprint density at radius 3 is 2.64 bits per heavy atom. The smallest absolute Gasteiger partial charge is 0.404 e. The van der Waals surface area contributed by atoms with E-state index in [-0.39, 0.29) is 34.3 Å². The van der Waals surface area contributed by atoms with Gasteiger partial charge in [-0.25, -0.2) is 22.9 Å². The van der Waals surface area contributed by atoms with Crippen molar-refractivity contribution in [1.29, 1.82) is 5.26 Å². The summed E-state index contributed by atoms with van der Waals surface area (Å²) in [6.45, 7) is 0.0648. The first-order chi connectivity index (χ1) is 13.4. The fourth-order valence-corrected chi connectivity index (χ4v) is 3.98. The molecule has 0 bridgehead atoms. The highest BCUT2D eigenvalue weighted by Crippen LogP contribution is 2.25. The molecule has 1 aromatic carbocycles. The first kappa shape index (κ1) is 19.1. The van der Waals surface area contributed by atoms with Crippen LogP contribution in [0.5, 0.6) is 0 Å². The number of nitrogens with one attached hydrogen (secondary N) is 1. The molecular weight excluding hydrogens is 382 g/mol. The number of aromatic nitrogens is 3. The average molecular weight is 397 g/mol. The number of sulfone groups is 1. The Kier molecular flexibility index (Phi) is 5.37. The minimum atomic E-state index is -3.94. The fraction of sp³-hybridized carbons (Fsp3) is 0.111. The second-order valence-corrected chi connectivity index (χ2v) is 7.56. The van der Waals surface area contributed by atoms with Crippen LogP contribution in [0.25, 0.3) is 5.69 Å². The van der Waals surface area contributed by atoms with E-state index in [9.17, 15) is 18.5 Å². The molecule has 0 atom stereocenters. The minimum Gasteiger partial charge on any atom is -0.465 e. The molecule has 3 rings (SSSR count). The second-order valence-electron chi connectivity index (χ2n) is 5.67. The highest BCUT2D eigenvalue weighted by molar-refractivity contribution is 7.91. The SMILES string of the molecule is N#Cc1ncccc1-n1nc(CCNC(=O)O)cc1S(=O)(=O)c1ccccc1. The summed E-state index contributed by atoms with van der Waals surface area (Å²) in [4.78, 5) is 14.7. The summed E-state index contributed by atoms with van der Waals surface area (Å²) in [6, 6.07) is 14.3. The lowest BCUT2D eigenvalue weighted by molar-refractivity contribution is 0.194. The van der Waals surface area contributed by atoms with Crippen LogP contribution in [0.3, 0.4) is 0 Å². The molecule has 0 fully saturated rings. The van der Waals surface area contributed by atoms with Gasteiger partial charge in [0, 0.05) is 19.2 Å². The molecule has 28 heavy (non-hydrogen) atoms. The van der Waals surface area contributed by atoms with E-state index in [1.807, 2.05) is 6.07 Å². The van der Waals surface area contributed by atoms with Gasteiger partial charge in [-0.1, -0.05) is 18.2 Å². The topological polar surface area (TPSA) is 138 Å². The summed E-state index contributed by atoms with van der Waals surface area (Å²) < 4.78 is 27.5. The van der Waals surface area contributed by atoms with E-state index in [4.69, 9.17) is 5.11 Å². The Bertz CT molecular complexity index is 1150. The summed E-state index contributed by atoms with van der Waals surface area (Å²) in [5.41, 5.74) is 0.596. The zero-order valence-electron chi connectivity index (χ0n) is 14.5. The van der Waals surface area contributed by atoms with Crippen molar-refractivity contribution >= 4 is 15.9 Å². The molecule has 0 aliphatic rings. The van der Waals surface area contributed by atoms with E-state index in [0.717, 1.165) is 4.68 Å².